The molecule has 0 saturated heterocycles. The van der Waals surface area contributed by atoms with Gasteiger partial charge in [-0.3, -0.25) is 4.79 Å². The van der Waals surface area contributed by atoms with Gasteiger partial charge in [0, 0.05) is 24.7 Å². The molecule has 0 atom stereocenters. The molecule has 2 heterocycles. The van der Waals surface area contributed by atoms with Crippen LogP contribution in [0.2, 0.25) is 0 Å². The molecule has 0 unspecified atom stereocenters. The molecule has 0 radical (unpaired) electrons. The van der Waals surface area contributed by atoms with Crippen LogP contribution < -0.4 is 5.32 Å². The number of amides is 1. The predicted molar refractivity (Wildman–Crippen MR) is 112 cm³/mol. The van der Waals surface area contributed by atoms with Crippen molar-refractivity contribution in [3.8, 4) is 11.3 Å². The van der Waals surface area contributed by atoms with Crippen LogP contribution in [-0.2, 0) is 21.1 Å². The van der Waals surface area contributed by atoms with Crippen molar-refractivity contribution in [2.75, 3.05) is 11.6 Å². The van der Waals surface area contributed by atoms with Crippen molar-refractivity contribution in [2.24, 2.45) is 0 Å². The molecule has 0 fully saturated rings. The molecule has 0 aliphatic rings. The van der Waals surface area contributed by atoms with Crippen LogP contribution in [0.15, 0.2) is 64.0 Å². The molecule has 7 nitrogen and oxygen atoms in total. The third kappa shape index (κ3) is 4.52. The first-order valence-corrected chi connectivity index (χ1v) is 11.5. The predicted octanol–water partition coefficient (Wildman–Crippen LogP) is 3.93. The second-order valence-corrected chi connectivity index (χ2v) is 9.50. The van der Waals surface area contributed by atoms with E-state index in [0.717, 1.165) is 11.8 Å². The van der Waals surface area contributed by atoms with Crippen LogP contribution in [0.4, 0.5) is 5.13 Å². The lowest BCUT2D eigenvalue weighted by Crippen LogP contribution is -2.12. The Hall–Kier alpha value is -3.04. The maximum absolute atomic E-state index is 12.3. The number of nitrogens with zero attached hydrogens (tertiary/aromatic N) is 2. The molecule has 0 aliphatic heterocycles. The van der Waals surface area contributed by atoms with Gasteiger partial charge in [-0.2, -0.15) is 0 Å². The molecule has 2 aromatic heterocycles. The van der Waals surface area contributed by atoms with Crippen molar-refractivity contribution >= 4 is 42.4 Å². The van der Waals surface area contributed by atoms with Crippen molar-refractivity contribution < 1.29 is 17.6 Å². The minimum Gasteiger partial charge on any atom is -0.441 e. The summed E-state index contributed by atoms with van der Waals surface area (Å²) in [4.78, 5) is 21.0. The third-order valence-corrected chi connectivity index (χ3v) is 6.26. The van der Waals surface area contributed by atoms with Gasteiger partial charge in [-0.25, -0.2) is 18.4 Å². The number of carbonyl (C=O) groups excluding carboxylic acids is 1. The molecular formula is C20H17N3O4S2. The van der Waals surface area contributed by atoms with Crippen LogP contribution in [-0.4, -0.2) is 30.5 Å². The molecule has 2 aromatic carbocycles. The van der Waals surface area contributed by atoms with E-state index in [-0.39, 0.29) is 17.2 Å². The largest absolute Gasteiger partial charge is 0.441 e. The summed E-state index contributed by atoms with van der Waals surface area (Å²) in [6.07, 6.45) is 3.36. The monoisotopic (exact) mass is 427 g/mol. The Morgan fingerprint density at radius 2 is 1.97 bits per heavy atom. The Kier molecular flexibility index (Phi) is 5.16. The fourth-order valence-corrected chi connectivity index (χ4v) is 4.40. The maximum atomic E-state index is 12.3. The average molecular weight is 428 g/mol. The van der Waals surface area contributed by atoms with Gasteiger partial charge >= 0.3 is 0 Å². The zero-order valence-electron chi connectivity index (χ0n) is 15.5. The molecule has 9 heteroatoms. The van der Waals surface area contributed by atoms with Crippen molar-refractivity contribution in [3.63, 3.8) is 0 Å². The molecule has 1 amide bonds. The number of nitrogens with one attached hydrogen (secondary N) is 1. The van der Waals surface area contributed by atoms with E-state index in [9.17, 15) is 13.2 Å². The Labute approximate surface area is 171 Å². The SMILES string of the molecule is CS(=O)(=O)c1ccc2nc(NC(=O)CCc3ncc(-c4ccccc4)o3)sc2c1. The zero-order chi connectivity index (χ0) is 20.4. The van der Waals surface area contributed by atoms with E-state index in [1.165, 1.54) is 17.4 Å². The Morgan fingerprint density at radius 3 is 2.72 bits per heavy atom. The highest BCUT2D eigenvalue weighted by Crippen LogP contribution is 2.28. The smallest absolute Gasteiger partial charge is 0.226 e. The fourth-order valence-electron chi connectivity index (χ4n) is 2.75. The lowest BCUT2D eigenvalue weighted by atomic mass is 10.2. The number of carbonyl (C=O) groups is 1. The quantitative estimate of drug-likeness (QED) is 0.500. The lowest BCUT2D eigenvalue weighted by Gasteiger charge is -1.99. The number of oxazole rings is 1. The van der Waals surface area contributed by atoms with Crippen molar-refractivity contribution in [1.29, 1.82) is 0 Å². The van der Waals surface area contributed by atoms with Crippen LogP contribution in [0.5, 0.6) is 0 Å². The van der Waals surface area contributed by atoms with E-state index in [0.29, 0.717) is 33.4 Å². The first-order valence-electron chi connectivity index (χ1n) is 8.79. The number of thiazole rings is 1. The summed E-state index contributed by atoms with van der Waals surface area (Å²) in [6, 6.07) is 14.3. The highest BCUT2D eigenvalue weighted by Gasteiger charge is 2.13. The van der Waals surface area contributed by atoms with E-state index in [2.05, 4.69) is 15.3 Å². The molecule has 0 bridgehead atoms. The summed E-state index contributed by atoms with van der Waals surface area (Å²) in [5.74, 6) is 0.932. The second kappa shape index (κ2) is 7.76. The zero-order valence-corrected chi connectivity index (χ0v) is 17.1. The summed E-state index contributed by atoms with van der Waals surface area (Å²) in [5.41, 5.74) is 1.57. The maximum Gasteiger partial charge on any atom is 0.226 e. The number of aromatic nitrogens is 2. The van der Waals surface area contributed by atoms with E-state index in [4.69, 9.17) is 4.42 Å². The number of rotatable bonds is 6. The molecular weight excluding hydrogens is 410 g/mol. The number of benzene rings is 2. The Balaban J connectivity index is 1.39. The first kappa shape index (κ1) is 19.3. The molecule has 1 N–H and O–H groups in total. The Morgan fingerprint density at radius 1 is 1.17 bits per heavy atom. The molecule has 148 valence electrons. The van der Waals surface area contributed by atoms with E-state index >= 15 is 0 Å². The van der Waals surface area contributed by atoms with Crippen LogP contribution in [0.3, 0.4) is 0 Å². The molecule has 0 aliphatic carbocycles. The summed E-state index contributed by atoms with van der Waals surface area (Å²) < 4.78 is 29.7. The van der Waals surface area contributed by atoms with E-state index < -0.39 is 9.84 Å². The van der Waals surface area contributed by atoms with Gasteiger partial charge in [0.1, 0.15) is 0 Å². The molecule has 0 spiro atoms. The molecule has 4 aromatic rings. The van der Waals surface area contributed by atoms with Gasteiger partial charge in [-0.15, -0.1) is 0 Å². The number of aryl methyl sites for hydroxylation is 1. The highest BCUT2D eigenvalue weighted by atomic mass is 32.2. The number of fused-ring (bicyclic) bond motifs is 1. The van der Waals surface area contributed by atoms with Crippen LogP contribution in [0.1, 0.15) is 12.3 Å². The second-order valence-electron chi connectivity index (χ2n) is 6.45. The normalized spacial score (nSPS) is 11.6. The number of hydrogen-bond acceptors (Lipinski definition) is 7. The van der Waals surface area contributed by atoms with Gasteiger partial charge in [-0.05, 0) is 18.2 Å². The molecule has 29 heavy (non-hydrogen) atoms. The Bertz CT molecular complexity index is 1280. The lowest BCUT2D eigenvalue weighted by molar-refractivity contribution is -0.116. The van der Waals surface area contributed by atoms with Crippen LogP contribution >= 0.6 is 11.3 Å². The van der Waals surface area contributed by atoms with Crippen LogP contribution in [0, 0.1) is 0 Å². The molecule has 4 rings (SSSR count). The fraction of sp³-hybridized carbons (Fsp3) is 0.150. The average Bonchev–Trinajstić information content (AvgIpc) is 3.32. The summed E-state index contributed by atoms with van der Waals surface area (Å²) in [7, 11) is -3.29. The number of hydrogen-bond donors (Lipinski definition) is 1. The van der Waals surface area contributed by atoms with E-state index in [1.807, 2.05) is 30.3 Å². The van der Waals surface area contributed by atoms with Crippen molar-refractivity contribution in [2.45, 2.75) is 17.7 Å². The minimum atomic E-state index is -3.29. The first-order chi connectivity index (χ1) is 13.9. The van der Waals surface area contributed by atoms with E-state index in [1.54, 1.807) is 18.3 Å². The van der Waals surface area contributed by atoms with Gasteiger partial charge < -0.3 is 9.73 Å². The van der Waals surface area contributed by atoms with Crippen LogP contribution in [0.25, 0.3) is 21.5 Å². The summed E-state index contributed by atoms with van der Waals surface area (Å²) >= 11 is 1.23. The summed E-state index contributed by atoms with van der Waals surface area (Å²) in [5, 5.41) is 3.17. The third-order valence-electron chi connectivity index (χ3n) is 4.21. The van der Waals surface area contributed by atoms with Gasteiger partial charge in [0.15, 0.2) is 26.6 Å². The minimum absolute atomic E-state index is 0.194. The van der Waals surface area contributed by atoms with Crippen molar-refractivity contribution in [3.05, 3.63) is 60.6 Å². The van der Waals surface area contributed by atoms with Crippen molar-refractivity contribution in [1.82, 2.24) is 9.97 Å². The van der Waals surface area contributed by atoms with Gasteiger partial charge in [0.2, 0.25) is 5.91 Å². The number of sulfone groups is 1. The van der Waals surface area contributed by atoms with Gasteiger partial charge in [0.25, 0.3) is 0 Å². The molecule has 0 saturated carbocycles. The highest BCUT2D eigenvalue weighted by molar-refractivity contribution is 7.90. The van der Waals surface area contributed by atoms with Gasteiger partial charge in [-0.1, -0.05) is 41.7 Å². The standard InChI is InChI=1S/C20H17N3O4S2/c1-29(25,26)14-7-8-15-17(11-14)28-20(22-15)23-18(24)9-10-19-21-12-16(27-19)13-5-3-2-4-6-13/h2-8,11-12H,9-10H2,1H3,(H,22,23,24). The number of anilines is 1. The summed E-state index contributed by atoms with van der Waals surface area (Å²) in [6.45, 7) is 0. The topological polar surface area (TPSA) is 102 Å². The van der Waals surface area contributed by atoms with Gasteiger partial charge in [0.05, 0.1) is 21.3 Å².